The highest BCUT2D eigenvalue weighted by Gasteiger charge is 2.12. The quantitative estimate of drug-likeness (QED) is 0.572. The van der Waals surface area contributed by atoms with Crippen LogP contribution in [0, 0.1) is 10.1 Å². The van der Waals surface area contributed by atoms with E-state index in [2.05, 4.69) is 5.32 Å². The van der Waals surface area contributed by atoms with Crippen LogP contribution < -0.4 is 10.1 Å². The Bertz CT molecular complexity index is 679. The lowest BCUT2D eigenvalue weighted by molar-refractivity contribution is -0.384. The summed E-state index contributed by atoms with van der Waals surface area (Å²) in [5.41, 5.74) is 1.62. The van der Waals surface area contributed by atoms with Gasteiger partial charge < -0.3 is 15.2 Å². The maximum atomic E-state index is 10.9. The zero-order chi connectivity index (χ0) is 16.7. The number of para-hydroxylation sites is 1. The van der Waals surface area contributed by atoms with Gasteiger partial charge in [-0.1, -0.05) is 35.9 Å². The van der Waals surface area contributed by atoms with Crippen LogP contribution in [0.1, 0.15) is 11.1 Å². The van der Waals surface area contributed by atoms with Crippen LogP contribution in [0.2, 0.25) is 5.02 Å². The number of nitro groups is 1. The number of halogens is 1. The second kappa shape index (κ2) is 8.47. The molecule has 0 unspecified atom stereocenters. The highest BCUT2D eigenvalue weighted by molar-refractivity contribution is 6.32. The first-order valence-corrected chi connectivity index (χ1v) is 7.44. The number of rotatable bonds is 8. The van der Waals surface area contributed by atoms with Gasteiger partial charge >= 0.3 is 0 Å². The van der Waals surface area contributed by atoms with E-state index in [9.17, 15) is 10.1 Å². The number of benzene rings is 2. The zero-order valence-electron chi connectivity index (χ0n) is 12.4. The first kappa shape index (κ1) is 17.2. The normalized spacial score (nSPS) is 10.5. The van der Waals surface area contributed by atoms with Crippen LogP contribution in [-0.2, 0) is 13.1 Å². The lowest BCUT2D eigenvalue weighted by Gasteiger charge is -2.11. The van der Waals surface area contributed by atoms with Crippen molar-refractivity contribution in [1.29, 1.82) is 0 Å². The molecule has 23 heavy (non-hydrogen) atoms. The molecular weight excluding hydrogens is 320 g/mol. The fourth-order valence-corrected chi connectivity index (χ4v) is 2.28. The molecule has 0 aliphatic carbocycles. The van der Waals surface area contributed by atoms with Crippen LogP contribution in [0.15, 0.2) is 42.5 Å². The maximum absolute atomic E-state index is 10.9. The monoisotopic (exact) mass is 336 g/mol. The number of ether oxygens (including phenoxy) is 1. The van der Waals surface area contributed by atoms with Crippen LogP contribution in [0.3, 0.4) is 0 Å². The van der Waals surface area contributed by atoms with E-state index in [0.29, 0.717) is 18.8 Å². The lowest BCUT2D eigenvalue weighted by Crippen LogP contribution is -2.14. The molecule has 0 amide bonds. The summed E-state index contributed by atoms with van der Waals surface area (Å²) in [6.07, 6.45) is 0. The van der Waals surface area contributed by atoms with E-state index in [1.807, 2.05) is 24.3 Å². The van der Waals surface area contributed by atoms with Crippen LogP contribution in [0.25, 0.3) is 0 Å². The van der Waals surface area contributed by atoms with Crippen molar-refractivity contribution in [2.24, 2.45) is 0 Å². The van der Waals surface area contributed by atoms with Crippen molar-refractivity contribution < 1.29 is 14.8 Å². The van der Waals surface area contributed by atoms with Crippen molar-refractivity contribution in [3.05, 3.63) is 68.7 Å². The van der Waals surface area contributed by atoms with Crippen LogP contribution in [-0.4, -0.2) is 23.2 Å². The Labute approximate surface area is 138 Å². The highest BCUT2D eigenvalue weighted by Crippen LogP contribution is 2.25. The minimum absolute atomic E-state index is 0.0454. The van der Waals surface area contributed by atoms with Gasteiger partial charge in [-0.05, 0) is 17.7 Å². The SMILES string of the molecule is O=[N+]([O-])c1cc(CNCc2ccccc2OCCO)ccc1Cl. The molecule has 0 atom stereocenters. The first-order valence-electron chi connectivity index (χ1n) is 7.07. The molecule has 2 aromatic carbocycles. The molecule has 0 aliphatic heterocycles. The van der Waals surface area contributed by atoms with Gasteiger partial charge in [0.25, 0.3) is 5.69 Å². The van der Waals surface area contributed by atoms with E-state index < -0.39 is 4.92 Å². The smallest absolute Gasteiger partial charge is 0.288 e. The Morgan fingerprint density at radius 3 is 2.74 bits per heavy atom. The topological polar surface area (TPSA) is 84.6 Å². The molecular formula is C16H17ClN2O4. The molecule has 122 valence electrons. The van der Waals surface area contributed by atoms with Gasteiger partial charge in [0.15, 0.2) is 0 Å². The molecule has 0 fully saturated rings. The fourth-order valence-electron chi connectivity index (χ4n) is 2.10. The second-order valence-electron chi connectivity index (χ2n) is 4.83. The summed E-state index contributed by atoms with van der Waals surface area (Å²) in [5, 5.41) is 23.0. The molecule has 0 heterocycles. The van der Waals surface area contributed by atoms with E-state index in [1.54, 1.807) is 6.07 Å². The molecule has 6 nitrogen and oxygen atoms in total. The van der Waals surface area contributed by atoms with Crippen LogP contribution in [0.5, 0.6) is 5.75 Å². The zero-order valence-corrected chi connectivity index (χ0v) is 13.1. The summed E-state index contributed by atoms with van der Waals surface area (Å²) >= 11 is 5.79. The number of nitrogens with one attached hydrogen (secondary N) is 1. The molecule has 0 radical (unpaired) electrons. The van der Waals surface area contributed by atoms with Gasteiger partial charge in [-0.3, -0.25) is 10.1 Å². The summed E-state index contributed by atoms with van der Waals surface area (Å²) in [6.45, 7) is 1.20. The Morgan fingerprint density at radius 2 is 2.00 bits per heavy atom. The van der Waals surface area contributed by atoms with E-state index >= 15 is 0 Å². The van der Waals surface area contributed by atoms with Gasteiger partial charge in [0.05, 0.1) is 11.5 Å². The number of hydrogen-bond donors (Lipinski definition) is 2. The van der Waals surface area contributed by atoms with Gasteiger partial charge in [0.1, 0.15) is 17.4 Å². The van der Waals surface area contributed by atoms with E-state index in [4.69, 9.17) is 21.4 Å². The minimum Gasteiger partial charge on any atom is -0.491 e. The molecule has 0 saturated carbocycles. The average Bonchev–Trinajstić information content (AvgIpc) is 2.55. The first-order chi connectivity index (χ1) is 11.1. The van der Waals surface area contributed by atoms with E-state index in [1.165, 1.54) is 12.1 Å². The summed E-state index contributed by atoms with van der Waals surface area (Å²) in [5.74, 6) is 0.705. The molecule has 2 N–H and O–H groups in total. The van der Waals surface area contributed by atoms with Gasteiger partial charge in [0.2, 0.25) is 0 Å². The van der Waals surface area contributed by atoms with Gasteiger partial charge in [-0.2, -0.15) is 0 Å². The Morgan fingerprint density at radius 1 is 1.22 bits per heavy atom. The maximum Gasteiger partial charge on any atom is 0.288 e. The third-order valence-corrected chi connectivity index (χ3v) is 3.49. The number of nitrogens with zero attached hydrogens (tertiary/aromatic N) is 1. The predicted molar refractivity (Wildman–Crippen MR) is 87.7 cm³/mol. The highest BCUT2D eigenvalue weighted by atomic mass is 35.5. The standard InChI is InChI=1S/C16H17ClN2O4/c17-14-6-5-12(9-15(14)19(21)22)10-18-11-13-3-1-2-4-16(13)23-8-7-20/h1-6,9,18,20H,7-8,10-11H2. The summed E-state index contributed by atoms with van der Waals surface area (Å²) in [6, 6.07) is 12.2. The second-order valence-corrected chi connectivity index (χ2v) is 5.23. The third-order valence-electron chi connectivity index (χ3n) is 3.17. The van der Waals surface area contributed by atoms with Crippen LogP contribution in [0.4, 0.5) is 5.69 Å². The molecule has 0 spiro atoms. The van der Waals surface area contributed by atoms with Crippen molar-refractivity contribution in [2.75, 3.05) is 13.2 Å². The molecule has 0 aromatic heterocycles. The van der Waals surface area contributed by atoms with E-state index in [-0.39, 0.29) is 23.9 Å². The summed E-state index contributed by atoms with van der Waals surface area (Å²) < 4.78 is 5.46. The summed E-state index contributed by atoms with van der Waals surface area (Å²) in [4.78, 5) is 10.4. The van der Waals surface area contributed by atoms with Gasteiger partial charge in [-0.15, -0.1) is 0 Å². The largest absolute Gasteiger partial charge is 0.491 e. The van der Waals surface area contributed by atoms with Crippen molar-refractivity contribution in [2.45, 2.75) is 13.1 Å². The number of hydrogen-bond acceptors (Lipinski definition) is 5. The van der Waals surface area contributed by atoms with Crippen molar-refractivity contribution in [1.82, 2.24) is 5.32 Å². The molecule has 0 bridgehead atoms. The van der Waals surface area contributed by atoms with Crippen LogP contribution >= 0.6 is 11.6 Å². The number of aliphatic hydroxyl groups is 1. The Hall–Kier alpha value is -2.15. The third kappa shape index (κ3) is 4.92. The Balaban J connectivity index is 1.98. The van der Waals surface area contributed by atoms with Gasteiger partial charge in [0, 0.05) is 24.7 Å². The number of nitro benzene ring substituents is 1. The molecule has 2 rings (SSSR count). The fraction of sp³-hybridized carbons (Fsp3) is 0.250. The molecule has 0 aliphatic rings. The van der Waals surface area contributed by atoms with Crippen molar-refractivity contribution >= 4 is 17.3 Å². The van der Waals surface area contributed by atoms with Crippen molar-refractivity contribution in [3.63, 3.8) is 0 Å². The van der Waals surface area contributed by atoms with Crippen molar-refractivity contribution in [3.8, 4) is 5.75 Å². The molecule has 0 saturated heterocycles. The van der Waals surface area contributed by atoms with Gasteiger partial charge in [-0.25, -0.2) is 0 Å². The van der Waals surface area contributed by atoms with E-state index in [0.717, 1.165) is 11.1 Å². The lowest BCUT2D eigenvalue weighted by atomic mass is 10.1. The Kier molecular flexibility index (Phi) is 6.34. The molecule has 2 aromatic rings. The number of aliphatic hydroxyl groups excluding tert-OH is 1. The predicted octanol–water partition coefficient (Wildman–Crippen LogP) is 2.91. The minimum atomic E-state index is -0.496. The molecule has 7 heteroatoms. The average molecular weight is 337 g/mol. The summed E-state index contributed by atoms with van der Waals surface area (Å²) in [7, 11) is 0.